The van der Waals surface area contributed by atoms with Crippen molar-refractivity contribution in [2.24, 2.45) is 5.73 Å². The summed E-state index contributed by atoms with van der Waals surface area (Å²) in [6, 6.07) is 0.416. The topological polar surface area (TPSA) is 46.3 Å². The Morgan fingerprint density at radius 3 is 2.47 bits per heavy atom. The lowest BCUT2D eigenvalue weighted by molar-refractivity contribution is -0.131. The summed E-state index contributed by atoms with van der Waals surface area (Å²) in [5.41, 5.74) is 6.45. The number of nitrogens with two attached hydrogens (primary N) is 1. The Morgan fingerprint density at radius 2 is 2.00 bits per heavy atom. The maximum Gasteiger partial charge on any atom is 0.219 e. The molecule has 0 aromatic carbocycles. The second-order valence-corrected chi connectivity index (χ2v) is 4.39. The van der Waals surface area contributed by atoms with Gasteiger partial charge in [-0.2, -0.15) is 0 Å². The molecule has 1 fully saturated rings. The van der Waals surface area contributed by atoms with E-state index in [9.17, 15) is 4.79 Å². The van der Waals surface area contributed by atoms with E-state index in [0.717, 1.165) is 18.4 Å². The molecule has 0 saturated heterocycles. The Kier molecular flexibility index (Phi) is 4.82. The lowest BCUT2D eigenvalue weighted by Crippen LogP contribution is -2.41. The van der Waals surface area contributed by atoms with Crippen molar-refractivity contribution in [3.8, 4) is 0 Å². The van der Waals surface area contributed by atoms with Gasteiger partial charge in [0.05, 0.1) is 0 Å². The van der Waals surface area contributed by atoms with Crippen molar-refractivity contribution in [1.82, 2.24) is 4.90 Å². The molecule has 3 nitrogen and oxygen atoms in total. The van der Waals surface area contributed by atoms with E-state index in [1.54, 1.807) is 6.92 Å². The van der Waals surface area contributed by atoms with Crippen molar-refractivity contribution < 1.29 is 4.79 Å². The van der Waals surface area contributed by atoms with Crippen LogP contribution in [0.4, 0.5) is 0 Å². The van der Waals surface area contributed by atoms with Crippen LogP contribution in [0.15, 0.2) is 12.2 Å². The minimum atomic E-state index is 0.150. The van der Waals surface area contributed by atoms with Crippen LogP contribution < -0.4 is 5.73 Å². The van der Waals surface area contributed by atoms with Crippen LogP contribution >= 0.6 is 0 Å². The van der Waals surface area contributed by atoms with E-state index in [2.05, 4.69) is 6.58 Å². The molecule has 15 heavy (non-hydrogen) atoms. The van der Waals surface area contributed by atoms with E-state index in [0.29, 0.717) is 19.1 Å². The first-order chi connectivity index (χ1) is 7.15. The van der Waals surface area contributed by atoms with Gasteiger partial charge < -0.3 is 10.6 Å². The smallest absolute Gasteiger partial charge is 0.219 e. The highest BCUT2D eigenvalue weighted by Gasteiger charge is 2.22. The Bertz CT molecular complexity index is 232. The van der Waals surface area contributed by atoms with Gasteiger partial charge in [-0.3, -0.25) is 4.79 Å². The van der Waals surface area contributed by atoms with Gasteiger partial charge in [0, 0.05) is 26.1 Å². The van der Waals surface area contributed by atoms with E-state index < -0.39 is 0 Å². The SMILES string of the molecule is C=C(CN)CN(C(C)=O)C1CCCCC1. The molecule has 0 aliphatic heterocycles. The average Bonchev–Trinajstić information content (AvgIpc) is 2.26. The highest BCUT2D eigenvalue weighted by molar-refractivity contribution is 5.74. The van der Waals surface area contributed by atoms with Gasteiger partial charge in [0.25, 0.3) is 0 Å². The van der Waals surface area contributed by atoms with Crippen LogP contribution in [0.3, 0.4) is 0 Å². The second-order valence-electron chi connectivity index (χ2n) is 4.39. The zero-order valence-corrected chi connectivity index (χ0v) is 9.67. The van der Waals surface area contributed by atoms with Gasteiger partial charge in [-0.05, 0) is 18.4 Å². The number of nitrogens with zero attached hydrogens (tertiary/aromatic N) is 1. The molecule has 0 unspecified atom stereocenters. The molecule has 1 amide bonds. The first-order valence-corrected chi connectivity index (χ1v) is 5.79. The molecule has 0 aromatic rings. The van der Waals surface area contributed by atoms with Crippen LogP contribution in [0.2, 0.25) is 0 Å². The predicted octanol–water partition coefficient (Wildman–Crippen LogP) is 1.68. The molecular formula is C12H22N2O. The highest BCUT2D eigenvalue weighted by atomic mass is 16.2. The molecule has 2 N–H and O–H groups in total. The Balaban J connectivity index is 2.55. The fourth-order valence-corrected chi connectivity index (χ4v) is 2.20. The number of rotatable bonds is 4. The average molecular weight is 210 g/mol. The van der Waals surface area contributed by atoms with Gasteiger partial charge in [0.1, 0.15) is 0 Å². The number of amides is 1. The molecule has 1 rings (SSSR count). The molecule has 0 atom stereocenters. The summed E-state index contributed by atoms with van der Waals surface area (Å²) in [6.07, 6.45) is 6.06. The minimum Gasteiger partial charge on any atom is -0.336 e. The lowest BCUT2D eigenvalue weighted by atomic mass is 9.94. The number of hydrogen-bond acceptors (Lipinski definition) is 2. The Hall–Kier alpha value is -0.830. The lowest BCUT2D eigenvalue weighted by Gasteiger charge is -2.34. The van der Waals surface area contributed by atoms with Gasteiger partial charge >= 0.3 is 0 Å². The van der Waals surface area contributed by atoms with Crippen LogP contribution in [0.25, 0.3) is 0 Å². The molecule has 0 heterocycles. The molecule has 3 heteroatoms. The zero-order chi connectivity index (χ0) is 11.3. The third-order valence-electron chi connectivity index (χ3n) is 3.10. The van der Waals surface area contributed by atoms with Crippen molar-refractivity contribution in [1.29, 1.82) is 0 Å². The van der Waals surface area contributed by atoms with Gasteiger partial charge in [-0.25, -0.2) is 0 Å². The summed E-state index contributed by atoms with van der Waals surface area (Å²) in [7, 11) is 0. The van der Waals surface area contributed by atoms with Gasteiger partial charge in [-0.15, -0.1) is 0 Å². The van der Waals surface area contributed by atoms with Crippen LogP contribution in [-0.2, 0) is 4.79 Å². The molecule has 0 spiro atoms. The summed E-state index contributed by atoms with van der Waals surface area (Å²) in [4.78, 5) is 13.5. The molecule has 0 radical (unpaired) electrons. The van der Waals surface area contributed by atoms with Gasteiger partial charge in [0.15, 0.2) is 0 Å². The first-order valence-electron chi connectivity index (χ1n) is 5.79. The van der Waals surface area contributed by atoms with Crippen molar-refractivity contribution in [2.75, 3.05) is 13.1 Å². The maximum atomic E-state index is 11.5. The fourth-order valence-electron chi connectivity index (χ4n) is 2.20. The molecule has 0 aromatic heterocycles. The molecule has 0 bridgehead atoms. The zero-order valence-electron chi connectivity index (χ0n) is 9.67. The van der Waals surface area contributed by atoms with E-state index in [1.165, 1.54) is 19.3 Å². The third-order valence-corrected chi connectivity index (χ3v) is 3.10. The summed E-state index contributed by atoms with van der Waals surface area (Å²) in [6.45, 7) is 6.61. The fraction of sp³-hybridized carbons (Fsp3) is 0.750. The predicted molar refractivity (Wildman–Crippen MR) is 62.5 cm³/mol. The molecule has 86 valence electrons. The van der Waals surface area contributed by atoms with Crippen molar-refractivity contribution in [3.05, 3.63) is 12.2 Å². The summed E-state index contributed by atoms with van der Waals surface area (Å²) in [5, 5.41) is 0. The standard InChI is InChI=1S/C12H22N2O/c1-10(8-13)9-14(11(2)15)12-6-4-3-5-7-12/h12H,1,3-9,13H2,2H3. The van der Waals surface area contributed by atoms with E-state index in [-0.39, 0.29) is 5.91 Å². The second kappa shape index (κ2) is 5.91. The third kappa shape index (κ3) is 3.67. The van der Waals surface area contributed by atoms with Crippen LogP contribution in [0.1, 0.15) is 39.0 Å². The number of carbonyl (C=O) groups excluding carboxylic acids is 1. The maximum absolute atomic E-state index is 11.5. The van der Waals surface area contributed by atoms with Crippen molar-refractivity contribution in [3.63, 3.8) is 0 Å². The van der Waals surface area contributed by atoms with Crippen LogP contribution in [-0.4, -0.2) is 29.9 Å². The van der Waals surface area contributed by atoms with Crippen molar-refractivity contribution >= 4 is 5.91 Å². The summed E-state index contributed by atoms with van der Waals surface area (Å²) < 4.78 is 0. The summed E-state index contributed by atoms with van der Waals surface area (Å²) >= 11 is 0. The first kappa shape index (κ1) is 12.2. The molecule has 1 aliphatic rings. The highest BCUT2D eigenvalue weighted by Crippen LogP contribution is 2.23. The number of carbonyl (C=O) groups is 1. The number of hydrogen-bond donors (Lipinski definition) is 1. The van der Waals surface area contributed by atoms with Crippen LogP contribution in [0.5, 0.6) is 0 Å². The largest absolute Gasteiger partial charge is 0.336 e. The van der Waals surface area contributed by atoms with Gasteiger partial charge in [-0.1, -0.05) is 25.8 Å². The Labute approximate surface area is 92.3 Å². The molecule has 1 aliphatic carbocycles. The van der Waals surface area contributed by atoms with E-state index >= 15 is 0 Å². The monoisotopic (exact) mass is 210 g/mol. The molecule has 1 saturated carbocycles. The van der Waals surface area contributed by atoms with Crippen LogP contribution in [0, 0.1) is 0 Å². The Morgan fingerprint density at radius 1 is 1.40 bits per heavy atom. The van der Waals surface area contributed by atoms with Gasteiger partial charge in [0.2, 0.25) is 5.91 Å². The van der Waals surface area contributed by atoms with E-state index in [4.69, 9.17) is 5.73 Å². The summed E-state index contributed by atoms with van der Waals surface area (Å²) in [5.74, 6) is 0.150. The molecular weight excluding hydrogens is 188 g/mol. The van der Waals surface area contributed by atoms with E-state index in [1.807, 2.05) is 4.90 Å². The minimum absolute atomic E-state index is 0.150. The normalized spacial score (nSPS) is 17.5. The quantitative estimate of drug-likeness (QED) is 0.718. The van der Waals surface area contributed by atoms with Crippen molar-refractivity contribution in [2.45, 2.75) is 45.1 Å².